The summed E-state index contributed by atoms with van der Waals surface area (Å²) in [7, 11) is 2.31. The number of carbonyl (C=O) groups excluding carboxylic acids is 4. The second-order valence-electron chi connectivity index (χ2n) is 7.58. The number of aliphatic hydroxyl groups excluding tert-OH is 1. The first-order chi connectivity index (χ1) is 14.0. The van der Waals surface area contributed by atoms with E-state index in [0.717, 1.165) is 7.11 Å². The number of aliphatic hydroxyl groups is 1. The standard InChI is InChI=1S/C21H28O9.Na/c1-8-29-18(25)12-10(3)11(16(23)27-6)20(4)14(19(26)30-9-2)15(22)13(17(24)28-7)21(12,20)5;/h11,13,22H,8-9H2,1-7H3;/t11?,13?,20-,21+;/m1./s1. The Kier molecular flexibility index (Phi) is 8.55. The van der Waals surface area contributed by atoms with Crippen molar-refractivity contribution in [1.29, 1.82) is 0 Å². The fourth-order valence-electron chi connectivity index (χ4n) is 5.17. The average Bonchev–Trinajstić information content (AvgIpc) is 2.96. The molecular weight excluding hydrogens is 419 g/mol. The van der Waals surface area contributed by atoms with Gasteiger partial charge >= 0.3 is 23.9 Å². The molecule has 2 rings (SSSR count). The minimum Gasteiger partial charge on any atom is -0.511 e. The number of esters is 4. The first kappa shape index (κ1) is 27.2. The predicted octanol–water partition coefficient (Wildman–Crippen LogP) is 1.48. The Morgan fingerprint density at radius 3 is 1.65 bits per heavy atom. The van der Waals surface area contributed by atoms with Crippen LogP contribution >= 0.6 is 0 Å². The Bertz CT molecular complexity index is 789. The molecule has 9 nitrogen and oxygen atoms in total. The molecule has 0 aromatic carbocycles. The topological polar surface area (TPSA) is 125 Å². The zero-order chi connectivity index (χ0) is 23.0. The monoisotopic (exact) mass is 447 g/mol. The van der Waals surface area contributed by atoms with Gasteiger partial charge in [-0.25, -0.2) is 9.59 Å². The van der Waals surface area contributed by atoms with Crippen LogP contribution in [0.1, 0.15) is 34.6 Å². The van der Waals surface area contributed by atoms with E-state index in [9.17, 15) is 24.3 Å². The maximum absolute atomic E-state index is 13.0. The van der Waals surface area contributed by atoms with Crippen molar-refractivity contribution in [3.05, 3.63) is 22.5 Å². The predicted molar refractivity (Wildman–Crippen MR) is 109 cm³/mol. The van der Waals surface area contributed by atoms with Gasteiger partial charge in [0.1, 0.15) is 11.7 Å². The fourth-order valence-corrected chi connectivity index (χ4v) is 5.17. The van der Waals surface area contributed by atoms with Crippen LogP contribution in [0.25, 0.3) is 0 Å². The number of hydrogen-bond donors (Lipinski definition) is 1. The summed E-state index contributed by atoms with van der Waals surface area (Å²) in [5.74, 6) is -6.36. The Morgan fingerprint density at radius 2 is 1.23 bits per heavy atom. The molecule has 2 unspecified atom stereocenters. The number of hydrogen-bond acceptors (Lipinski definition) is 9. The van der Waals surface area contributed by atoms with Crippen LogP contribution in [-0.4, -0.2) is 86.0 Å². The second kappa shape index (κ2) is 9.75. The van der Waals surface area contributed by atoms with Crippen LogP contribution < -0.4 is 0 Å². The van der Waals surface area contributed by atoms with Gasteiger partial charge in [-0.1, -0.05) is 13.8 Å². The first-order valence-corrected chi connectivity index (χ1v) is 9.65. The van der Waals surface area contributed by atoms with Crippen molar-refractivity contribution in [2.75, 3.05) is 27.4 Å². The molecular formula is C21H28NaO9. The van der Waals surface area contributed by atoms with Gasteiger partial charge in [-0.3, -0.25) is 9.59 Å². The van der Waals surface area contributed by atoms with Gasteiger partial charge in [0.25, 0.3) is 0 Å². The largest absolute Gasteiger partial charge is 0.511 e. The van der Waals surface area contributed by atoms with Crippen LogP contribution in [0.2, 0.25) is 0 Å². The van der Waals surface area contributed by atoms with Crippen LogP contribution in [0.5, 0.6) is 0 Å². The summed E-state index contributed by atoms with van der Waals surface area (Å²) in [5.41, 5.74) is -2.98. The Labute approximate surface area is 203 Å². The van der Waals surface area contributed by atoms with Crippen molar-refractivity contribution in [3.8, 4) is 0 Å². The summed E-state index contributed by atoms with van der Waals surface area (Å²) in [6.45, 7) is 7.89. The molecule has 10 heteroatoms. The molecule has 0 heterocycles. The molecule has 0 saturated heterocycles. The van der Waals surface area contributed by atoms with Crippen molar-refractivity contribution in [1.82, 2.24) is 0 Å². The Balaban J connectivity index is 0.00000480. The van der Waals surface area contributed by atoms with Crippen LogP contribution in [0.3, 0.4) is 0 Å². The SMILES string of the molecule is CCOC(=O)C1=C(C)C(C(=O)OC)[C@]2(C)C(C(=O)OCC)=C(O)C(C(=O)OC)[C@]12C.[Na]. The van der Waals surface area contributed by atoms with Gasteiger partial charge < -0.3 is 24.1 Å². The van der Waals surface area contributed by atoms with Crippen molar-refractivity contribution in [3.63, 3.8) is 0 Å². The van der Waals surface area contributed by atoms with E-state index in [1.807, 2.05) is 0 Å². The zero-order valence-corrected chi connectivity index (χ0v) is 21.3. The van der Waals surface area contributed by atoms with Gasteiger partial charge in [0.15, 0.2) is 0 Å². The van der Waals surface area contributed by atoms with Crippen LogP contribution in [0.4, 0.5) is 0 Å². The molecule has 0 saturated carbocycles. The molecule has 2 aliphatic carbocycles. The summed E-state index contributed by atoms with van der Waals surface area (Å²) in [6.07, 6.45) is 0. The van der Waals surface area contributed by atoms with Crippen LogP contribution in [-0.2, 0) is 38.1 Å². The van der Waals surface area contributed by atoms with E-state index < -0.39 is 52.3 Å². The summed E-state index contributed by atoms with van der Waals surface area (Å²) in [6, 6.07) is 0. The van der Waals surface area contributed by atoms with Gasteiger partial charge in [-0.05, 0) is 26.3 Å². The van der Waals surface area contributed by atoms with Crippen molar-refractivity contribution in [2.45, 2.75) is 34.6 Å². The Hall–Kier alpha value is -1.84. The minimum atomic E-state index is -1.53. The molecule has 0 spiro atoms. The van der Waals surface area contributed by atoms with Crippen LogP contribution in [0.15, 0.2) is 22.5 Å². The summed E-state index contributed by atoms with van der Waals surface area (Å²) in [5, 5.41) is 11.0. The molecule has 0 aromatic rings. The number of ether oxygens (including phenoxy) is 4. The quantitative estimate of drug-likeness (QED) is 0.366. The smallest absolute Gasteiger partial charge is 0.338 e. The molecule has 2 aliphatic rings. The third kappa shape index (κ3) is 3.60. The van der Waals surface area contributed by atoms with Crippen molar-refractivity contribution >= 4 is 53.4 Å². The minimum absolute atomic E-state index is 0. The molecule has 0 amide bonds. The van der Waals surface area contributed by atoms with E-state index in [4.69, 9.17) is 18.9 Å². The van der Waals surface area contributed by atoms with Gasteiger partial charge in [0.2, 0.25) is 0 Å². The number of fused-ring (bicyclic) bond motifs is 1. The number of carbonyl (C=O) groups is 4. The first-order valence-electron chi connectivity index (χ1n) is 9.65. The molecule has 0 fully saturated rings. The van der Waals surface area contributed by atoms with Crippen LogP contribution in [0, 0.1) is 22.7 Å². The molecule has 0 aromatic heterocycles. The molecule has 0 bridgehead atoms. The van der Waals surface area contributed by atoms with E-state index >= 15 is 0 Å². The molecule has 1 radical (unpaired) electrons. The molecule has 4 atom stereocenters. The normalized spacial score (nSPS) is 29.1. The average molecular weight is 447 g/mol. The summed E-state index contributed by atoms with van der Waals surface area (Å²) >= 11 is 0. The summed E-state index contributed by atoms with van der Waals surface area (Å²) in [4.78, 5) is 51.5. The Morgan fingerprint density at radius 1 is 0.839 bits per heavy atom. The summed E-state index contributed by atoms with van der Waals surface area (Å²) < 4.78 is 20.2. The number of methoxy groups -OCH3 is 2. The molecule has 31 heavy (non-hydrogen) atoms. The van der Waals surface area contributed by atoms with E-state index in [-0.39, 0.29) is 53.9 Å². The zero-order valence-electron chi connectivity index (χ0n) is 19.3. The van der Waals surface area contributed by atoms with Gasteiger partial charge in [0.05, 0.1) is 38.9 Å². The van der Waals surface area contributed by atoms with Gasteiger partial charge in [-0.15, -0.1) is 0 Å². The molecule has 0 aliphatic heterocycles. The van der Waals surface area contributed by atoms with E-state index in [0.29, 0.717) is 5.57 Å². The number of rotatable bonds is 6. The van der Waals surface area contributed by atoms with Gasteiger partial charge in [-0.2, -0.15) is 0 Å². The maximum atomic E-state index is 13.0. The fraction of sp³-hybridized carbons (Fsp3) is 0.619. The van der Waals surface area contributed by atoms with Crippen molar-refractivity contribution in [2.24, 2.45) is 22.7 Å². The third-order valence-electron chi connectivity index (χ3n) is 6.46. The van der Waals surface area contributed by atoms with Gasteiger partial charge in [0, 0.05) is 46.0 Å². The second-order valence-corrected chi connectivity index (χ2v) is 7.58. The molecule has 167 valence electrons. The van der Waals surface area contributed by atoms with E-state index in [2.05, 4.69) is 0 Å². The molecule has 1 N–H and O–H groups in total. The maximum Gasteiger partial charge on any atom is 0.338 e. The third-order valence-corrected chi connectivity index (χ3v) is 6.46. The van der Waals surface area contributed by atoms with Crippen molar-refractivity contribution < 1.29 is 43.2 Å². The van der Waals surface area contributed by atoms with E-state index in [1.165, 1.54) is 21.0 Å². The van der Waals surface area contributed by atoms with E-state index in [1.54, 1.807) is 20.8 Å².